The molecular formula is C12H6Cl3NS. The van der Waals surface area contributed by atoms with Gasteiger partial charge in [0.15, 0.2) is 0 Å². The zero-order valence-electron chi connectivity index (χ0n) is 8.45. The Morgan fingerprint density at radius 1 is 0.824 bits per heavy atom. The molecule has 1 heterocycles. The number of hydrogen-bond donors (Lipinski definition) is 0. The first-order chi connectivity index (χ1) is 7.72. The molecular weight excluding hydrogens is 297 g/mol. The molecule has 0 fully saturated rings. The number of fused-ring (bicyclic) bond motifs is 2. The highest BCUT2D eigenvalue weighted by Crippen LogP contribution is 2.29. The number of hydrogen-bond acceptors (Lipinski definition) is 1. The van der Waals surface area contributed by atoms with Gasteiger partial charge in [0, 0.05) is 22.2 Å². The van der Waals surface area contributed by atoms with Crippen molar-refractivity contribution in [2.45, 2.75) is 0 Å². The maximum atomic E-state index is 5.95. The molecule has 0 aliphatic rings. The molecule has 0 aliphatic carbocycles. The summed E-state index contributed by atoms with van der Waals surface area (Å²) in [4.78, 5) is 4.55. The second-order valence-corrected chi connectivity index (χ2v) is 5.39. The monoisotopic (exact) mass is 301 g/mol. The van der Waals surface area contributed by atoms with Gasteiger partial charge in [0.2, 0.25) is 11.3 Å². The van der Waals surface area contributed by atoms with Gasteiger partial charge in [-0.25, -0.2) is 4.98 Å². The van der Waals surface area contributed by atoms with Crippen LogP contribution in [0.15, 0.2) is 36.4 Å². The van der Waals surface area contributed by atoms with Gasteiger partial charge in [0.05, 0.1) is 0 Å². The van der Waals surface area contributed by atoms with Crippen LogP contribution in [-0.2, 0) is 0 Å². The average molecular weight is 303 g/mol. The summed E-state index contributed by atoms with van der Waals surface area (Å²) in [5, 5.41) is 1.46. The summed E-state index contributed by atoms with van der Waals surface area (Å²) >= 11 is 13.6. The van der Waals surface area contributed by atoms with Crippen molar-refractivity contribution in [2.24, 2.45) is 0 Å². The van der Waals surface area contributed by atoms with Crippen LogP contribution >= 0.6 is 34.5 Å². The maximum absolute atomic E-state index is 5.95. The molecule has 2 aromatic carbocycles. The van der Waals surface area contributed by atoms with E-state index in [1.165, 1.54) is 0 Å². The molecule has 0 saturated carbocycles. The minimum absolute atomic E-state index is 0. The van der Waals surface area contributed by atoms with Crippen molar-refractivity contribution in [2.75, 3.05) is 0 Å². The van der Waals surface area contributed by atoms with E-state index in [0.29, 0.717) is 0 Å². The minimum Gasteiger partial charge on any atom is -1.00 e. The Bertz CT molecular complexity index is 643. The fraction of sp³-hybridized carbons (Fsp3) is 0. The van der Waals surface area contributed by atoms with E-state index >= 15 is 0 Å². The van der Waals surface area contributed by atoms with Gasteiger partial charge in [-0.3, -0.25) is 0 Å². The van der Waals surface area contributed by atoms with Gasteiger partial charge in [-0.1, -0.05) is 23.2 Å². The fourth-order valence-corrected chi connectivity index (χ4v) is 3.09. The summed E-state index contributed by atoms with van der Waals surface area (Å²) in [6, 6.07) is 11.4. The number of halogens is 3. The van der Waals surface area contributed by atoms with Crippen LogP contribution in [0.3, 0.4) is 0 Å². The quantitative estimate of drug-likeness (QED) is 0.457. The highest BCUT2D eigenvalue weighted by molar-refractivity contribution is 7.24. The Labute approximate surface area is 118 Å². The molecule has 0 aliphatic heterocycles. The molecule has 0 spiro atoms. The molecule has 0 atom stereocenters. The first-order valence-corrected chi connectivity index (χ1v) is 6.28. The highest BCUT2D eigenvalue weighted by atomic mass is 35.5. The predicted molar refractivity (Wildman–Crippen MR) is 71.6 cm³/mol. The van der Waals surface area contributed by atoms with Crippen LogP contribution in [0.4, 0.5) is 0 Å². The van der Waals surface area contributed by atoms with Crippen LogP contribution in [0.25, 0.3) is 20.4 Å². The van der Waals surface area contributed by atoms with Gasteiger partial charge in [-0.2, -0.15) is 0 Å². The lowest BCUT2D eigenvalue weighted by molar-refractivity contribution is -0.00000287. The molecule has 17 heavy (non-hydrogen) atoms. The highest BCUT2D eigenvalue weighted by Gasteiger charge is 2.12. The first kappa shape index (κ1) is 12.8. The third-order valence-electron chi connectivity index (χ3n) is 2.30. The van der Waals surface area contributed by atoms with E-state index in [1.54, 1.807) is 11.3 Å². The molecule has 0 amide bonds. The van der Waals surface area contributed by atoms with Gasteiger partial charge in [0.1, 0.15) is 11.0 Å². The van der Waals surface area contributed by atoms with E-state index < -0.39 is 0 Å². The van der Waals surface area contributed by atoms with Crippen LogP contribution in [-0.4, -0.2) is 4.98 Å². The zero-order valence-corrected chi connectivity index (χ0v) is 11.5. The van der Waals surface area contributed by atoms with Crippen LogP contribution in [0, 0.1) is 0 Å². The lowest BCUT2D eigenvalue weighted by atomic mass is 10.3. The fourth-order valence-electron chi connectivity index (χ4n) is 1.57. The predicted octanol–water partition coefficient (Wildman–Crippen LogP) is 2.04. The Kier molecular flexibility index (Phi) is 3.69. The summed E-state index contributed by atoms with van der Waals surface area (Å²) < 4.78 is 2.14. The van der Waals surface area contributed by atoms with E-state index in [2.05, 4.69) is 4.98 Å². The van der Waals surface area contributed by atoms with Gasteiger partial charge in [0.25, 0.3) is 9.40 Å². The van der Waals surface area contributed by atoms with Crippen molar-refractivity contribution >= 4 is 55.0 Å². The van der Waals surface area contributed by atoms with Crippen molar-refractivity contribution in [3.05, 3.63) is 46.4 Å². The minimum atomic E-state index is 0. The number of rotatable bonds is 0. The van der Waals surface area contributed by atoms with Crippen molar-refractivity contribution in [1.82, 2.24) is 4.98 Å². The molecule has 1 nitrogen and oxygen atoms in total. The Hall–Kier alpha value is -0.670. The molecule has 0 unspecified atom stereocenters. The van der Waals surface area contributed by atoms with Crippen LogP contribution in [0.2, 0.25) is 10.0 Å². The van der Waals surface area contributed by atoms with Crippen LogP contribution in [0.1, 0.15) is 0 Å². The summed E-state index contributed by atoms with van der Waals surface area (Å²) in [5.74, 6) is 0. The third kappa shape index (κ3) is 2.45. The number of aromatic nitrogens is 1. The van der Waals surface area contributed by atoms with Crippen molar-refractivity contribution < 1.29 is 12.4 Å². The van der Waals surface area contributed by atoms with Crippen molar-refractivity contribution in [3.8, 4) is 0 Å². The summed E-state index contributed by atoms with van der Waals surface area (Å²) in [5.41, 5.74) is 1.92. The van der Waals surface area contributed by atoms with E-state index in [1.807, 2.05) is 36.4 Å². The molecule has 0 N–H and O–H groups in total. The van der Waals surface area contributed by atoms with Crippen LogP contribution < -0.4 is 12.4 Å². The van der Waals surface area contributed by atoms with Gasteiger partial charge >= 0.3 is 0 Å². The molecule has 0 radical (unpaired) electrons. The standard InChI is InChI=1S/C12H6Cl2NS.ClH/c13-7-1-3-9-11(5-7)16-12-6-8(14)2-4-10(12)15-9;/h1-6H;1H/q+1;/p-1. The van der Waals surface area contributed by atoms with E-state index in [9.17, 15) is 0 Å². The molecule has 86 valence electrons. The molecule has 5 heteroatoms. The topological polar surface area (TPSA) is 12.9 Å². The van der Waals surface area contributed by atoms with E-state index in [4.69, 9.17) is 23.2 Å². The van der Waals surface area contributed by atoms with Crippen molar-refractivity contribution in [1.29, 1.82) is 0 Å². The van der Waals surface area contributed by atoms with Crippen LogP contribution in [0.5, 0.6) is 0 Å². The van der Waals surface area contributed by atoms with Gasteiger partial charge in [-0.05, 0) is 24.3 Å². The normalized spacial score (nSPS) is 10.5. The van der Waals surface area contributed by atoms with Gasteiger partial charge < -0.3 is 12.4 Å². The Balaban J connectivity index is 0.00000108. The molecule has 0 saturated heterocycles. The second kappa shape index (κ2) is 4.91. The van der Waals surface area contributed by atoms with E-state index in [-0.39, 0.29) is 12.4 Å². The summed E-state index contributed by atoms with van der Waals surface area (Å²) in [6.45, 7) is 0. The second-order valence-electron chi connectivity index (χ2n) is 3.44. The van der Waals surface area contributed by atoms with Gasteiger partial charge in [-0.15, -0.1) is 0 Å². The SMILES string of the molecule is Clc1ccc2nc3ccc(Cl)cc3[s+]c2c1.[Cl-]. The lowest BCUT2D eigenvalue weighted by Gasteiger charge is -1.93. The number of benzene rings is 2. The Morgan fingerprint density at radius 2 is 1.29 bits per heavy atom. The smallest absolute Gasteiger partial charge is 0.258 e. The molecule has 3 aromatic rings. The third-order valence-corrected chi connectivity index (χ3v) is 3.87. The lowest BCUT2D eigenvalue weighted by Crippen LogP contribution is -3.00. The van der Waals surface area contributed by atoms with E-state index in [0.717, 1.165) is 30.5 Å². The molecule has 3 rings (SSSR count). The average Bonchev–Trinajstić information content (AvgIpc) is 2.26. The number of nitrogens with zero attached hydrogens (tertiary/aromatic N) is 1. The largest absolute Gasteiger partial charge is 1.00 e. The Morgan fingerprint density at radius 3 is 1.76 bits per heavy atom. The molecule has 1 aromatic heterocycles. The summed E-state index contributed by atoms with van der Waals surface area (Å²) in [6.07, 6.45) is 0. The first-order valence-electron chi connectivity index (χ1n) is 4.71. The maximum Gasteiger partial charge on any atom is 0.258 e. The molecule has 0 bridgehead atoms. The zero-order chi connectivity index (χ0) is 11.1. The van der Waals surface area contributed by atoms with Crippen molar-refractivity contribution in [3.63, 3.8) is 0 Å². The summed E-state index contributed by atoms with van der Waals surface area (Å²) in [7, 11) is 0.